The maximum Gasteiger partial charge on any atom is 0.303 e. The number of fused-ring (bicyclic) bond motifs is 1. The number of carbonyl (C=O) groups is 1. The highest BCUT2D eigenvalue weighted by Gasteiger charge is 2.15. The predicted molar refractivity (Wildman–Crippen MR) is 67.4 cm³/mol. The van der Waals surface area contributed by atoms with Gasteiger partial charge in [-0.2, -0.15) is 0 Å². The summed E-state index contributed by atoms with van der Waals surface area (Å²) in [5, 5.41) is 38.6. The van der Waals surface area contributed by atoms with Gasteiger partial charge in [0, 0.05) is 23.1 Å². The molecule has 0 unspecified atom stereocenters. The molecule has 0 bridgehead atoms. The summed E-state index contributed by atoms with van der Waals surface area (Å²) in [4.78, 5) is 14.5. The second kappa shape index (κ2) is 4.64. The molecule has 1 aromatic heterocycles. The molecule has 1 heterocycles. The standard InChI is InChI=1S/C13H13NO5/c1-6-8-4-10(15)11(16)5-9(8)7(13(19)14-6)2-3-12(17)18/h4-5,15-16H,2-3H2,1H3,(H,14,19)(H,17,18). The van der Waals surface area contributed by atoms with Crippen LogP contribution >= 0.6 is 0 Å². The lowest BCUT2D eigenvalue weighted by Crippen LogP contribution is -2.00. The lowest BCUT2D eigenvalue weighted by Gasteiger charge is -2.11. The number of carboxylic acid groups (broad SMARTS) is 1. The van der Waals surface area contributed by atoms with Crippen LogP contribution in [-0.4, -0.2) is 31.4 Å². The van der Waals surface area contributed by atoms with Gasteiger partial charge in [-0.3, -0.25) is 4.79 Å². The van der Waals surface area contributed by atoms with Crippen LogP contribution in [0, 0.1) is 6.92 Å². The summed E-state index contributed by atoms with van der Waals surface area (Å²) in [7, 11) is 0. The number of carboxylic acids is 1. The second-order valence-electron chi connectivity index (χ2n) is 4.28. The van der Waals surface area contributed by atoms with Gasteiger partial charge in [0.15, 0.2) is 11.5 Å². The first-order chi connectivity index (χ1) is 8.90. The van der Waals surface area contributed by atoms with E-state index in [2.05, 4.69) is 4.98 Å². The van der Waals surface area contributed by atoms with Gasteiger partial charge in [0.1, 0.15) is 0 Å². The number of phenols is 2. The van der Waals surface area contributed by atoms with Gasteiger partial charge in [-0.15, -0.1) is 0 Å². The molecule has 0 fully saturated rings. The quantitative estimate of drug-likeness (QED) is 0.627. The average Bonchev–Trinajstić information content (AvgIpc) is 2.31. The number of aliphatic carboxylic acids is 1. The lowest BCUT2D eigenvalue weighted by atomic mass is 10.0. The van der Waals surface area contributed by atoms with Crippen molar-refractivity contribution in [3.63, 3.8) is 0 Å². The van der Waals surface area contributed by atoms with Crippen LogP contribution < -0.4 is 0 Å². The topological polar surface area (TPSA) is 111 Å². The third-order valence-corrected chi connectivity index (χ3v) is 2.96. The lowest BCUT2D eigenvalue weighted by molar-refractivity contribution is -0.136. The molecule has 19 heavy (non-hydrogen) atoms. The molecule has 0 radical (unpaired) electrons. The summed E-state index contributed by atoms with van der Waals surface area (Å²) >= 11 is 0. The van der Waals surface area contributed by atoms with Crippen LogP contribution in [-0.2, 0) is 11.2 Å². The van der Waals surface area contributed by atoms with Crippen molar-refractivity contribution in [2.45, 2.75) is 19.8 Å². The summed E-state index contributed by atoms with van der Waals surface area (Å²) in [6.45, 7) is 1.65. The van der Waals surface area contributed by atoms with Crippen LogP contribution in [0.2, 0.25) is 0 Å². The summed E-state index contributed by atoms with van der Waals surface area (Å²) in [6, 6.07) is 2.65. The molecule has 100 valence electrons. The number of hydrogen-bond acceptors (Lipinski definition) is 5. The Morgan fingerprint density at radius 3 is 2.32 bits per heavy atom. The number of aromatic nitrogens is 1. The van der Waals surface area contributed by atoms with E-state index < -0.39 is 5.97 Å². The van der Waals surface area contributed by atoms with Gasteiger partial charge in [0.2, 0.25) is 5.88 Å². The molecule has 2 aromatic rings. The van der Waals surface area contributed by atoms with Crippen molar-refractivity contribution in [2.24, 2.45) is 0 Å². The number of phenolic OH excluding ortho intramolecular Hbond substituents is 2. The van der Waals surface area contributed by atoms with Crippen molar-refractivity contribution in [2.75, 3.05) is 0 Å². The van der Waals surface area contributed by atoms with Crippen LogP contribution in [0.25, 0.3) is 10.8 Å². The maximum atomic E-state index is 10.6. The molecule has 0 spiro atoms. The first-order valence-corrected chi connectivity index (χ1v) is 5.66. The summed E-state index contributed by atoms with van der Waals surface area (Å²) < 4.78 is 0. The largest absolute Gasteiger partial charge is 0.504 e. The first-order valence-electron chi connectivity index (χ1n) is 5.66. The Hall–Kier alpha value is -2.50. The number of pyridine rings is 1. The van der Waals surface area contributed by atoms with E-state index in [0.717, 1.165) is 0 Å². The van der Waals surface area contributed by atoms with E-state index in [1.807, 2.05) is 0 Å². The molecular weight excluding hydrogens is 250 g/mol. The number of aryl methyl sites for hydroxylation is 2. The Kier molecular flexibility index (Phi) is 3.16. The highest BCUT2D eigenvalue weighted by molar-refractivity contribution is 5.91. The van der Waals surface area contributed by atoms with Gasteiger partial charge in [-0.1, -0.05) is 0 Å². The van der Waals surface area contributed by atoms with Gasteiger partial charge in [-0.05, 0) is 30.9 Å². The molecule has 4 N–H and O–H groups in total. The summed E-state index contributed by atoms with van der Waals surface area (Å²) in [6.07, 6.45) is -0.0653. The fraction of sp³-hybridized carbons (Fsp3) is 0.231. The van der Waals surface area contributed by atoms with Crippen LogP contribution in [0.1, 0.15) is 17.7 Å². The predicted octanol–water partition coefficient (Wildman–Crippen LogP) is 1.68. The third kappa shape index (κ3) is 2.37. The van der Waals surface area contributed by atoms with Crippen LogP contribution in [0.5, 0.6) is 17.4 Å². The van der Waals surface area contributed by atoms with Crippen LogP contribution in [0.3, 0.4) is 0 Å². The highest BCUT2D eigenvalue weighted by Crippen LogP contribution is 2.36. The second-order valence-corrected chi connectivity index (χ2v) is 4.28. The zero-order chi connectivity index (χ0) is 14.2. The maximum absolute atomic E-state index is 10.6. The molecule has 0 aliphatic carbocycles. The Labute approximate surface area is 108 Å². The minimum Gasteiger partial charge on any atom is -0.504 e. The van der Waals surface area contributed by atoms with Gasteiger partial charge in [0.05, 0.1) is 0 Å². The molecule has 0 amide bonds. The Balaban J connectivity index is 2.67. The normalized spacial score (nSPS) is 10.8. The highest BCUT2D eigenvalue weighted by atomic mass is 16.4. The molecule has 0 saturated heterocycles. The van der Waals surface area contributed by atoms with Gasteiger partial charge < -0.3 is 20.4 Å². The molecule has 0 atom stereocenters. The van der Waals surface area contributed by atoms with Gasteiger partial charge in [-0.25, -0.2) is 4.98 Å². The van der Waals surface area contributed by atoms with E-state index in [9.17, 15) is 20.1 Å². The molecule has 1 aromatic carbocycles. The van der Waals surface area contributed by atoms with E-state index in [4.69, 9.17) is 5.11 Å². The molecule has 6 heteroatoms. The molecular formula is C13H13NO5. The van der Waals surface area contributed by atoms with E-state index in [-0.39, 0.29) is 30.2 Å². The zero-order valence-corrected chi connectivity index (χ0v) is 10.2. The molecule has 0 aliphatic rings. The fourth-order valence-electron chi connectivity index (χ4n) is 2.01. The summed E-state index contributed by atoms with van der Waals surface area (Å²) in [5.41, 5.74) is 0.833. The zero-order valence-electron chi connectivity index (χ0n) is 10.2. The molecule has 6 nitrogen and oxygen atoms in total. The van der Waals surface area contributed by atoms with Crippen molar-refractivity contribution in [3.8, 4) is 17.4 Å². The summed E-state index contributed by atoms with van der Waals surface area (Å²) in [5.74, 6) is -1.85. The SMILES string of the molecule is Cc1nc(O)c(CCC(=O)O)c2cc(O)c(O)cc12. The van der Waals surface area contributed by atoms with Crippen LogP contribution in [0.15, 0.2) is 12.1 Å². The monoisotopic (exact) mass is 263 g/mol. The van der Waals surface area contributed by atoms with E-state index in [1.165, 1.54) is 12.1 Å². The van der Waals surface area contributed by atoms with Crippen molar-refractivity contribution < 1.29 is 25.2 Å². The van der Waals surface area contributed by atoms with Gasteiger partial charge >= 0.3 is 5.97 Å². The minimum atomic E-state index is -0.990. The Morgan fingerprint density at radius 1 is 1.16 bits per heavy atom. The number of benzene rings is 1. The number of hydrogen-bond donors (Lipinski definition) is 4. The number of rotatable bonds is 3. The molecule has 0 aliphatic heterocycles. The number of nitrogens with zero attached hydrogens (tertiary/aromatic N) is 1. The minimum absolute atomic E-state index is 0.0924. The van der Waals surface area contributed by atoms with Crippen molar-refractivity contribution in [3.05, 3.63) is 23.4 Å². The van der Waals surface area contributed by atoms with Crippen LogP contribution in [0.4, 0.5) is 0 Å². The Bertz CT molecular complexity index is 666. The van der Waals surface area contributed by atoms with E-state index in [1.54, 1.807) is 6.92 Å². The average molecular weight is 263 g/mol. The third-order valence-electron chi connectivity index (χ3n) is 2.96. The van der Waals surface area contributed by atoms with E-state index in [0.29, 0.717) is 22.0 Å². The van der Waals surface area contributed by atoms with Crippen molar-refractivity contribution >= 4 is 16.7 Å². The molecule has 2 rings (SSSR count). The van der Waals surface area contributed by atoms with Crippen molar-refractivity contribution in [1.29, 1.82) is 0 Å². The van der Waals surface area contributed by atoms with Crippen molar-refractivity contribution in [1.82, 2.24) is 4.98 Å². The van der Waals surface area contributed by atoms with E-state index >= 15 is 0 Å². The fourth-order valence-corrected chi connectivity index (χ4v) is 2.01. The smallest absolute Gasteiger partial charge is 0.303 e. The van der Waals surface area contributed by atoms with Gasteiger partial charge in [0.25, 0.3) is 0 Å². The Morgan fingerprint density at radius 2 is 1.74 bits per heavy atom. The first kappa shape index (κ1) is 12.9. The molecule has 0 saturated carbocycles. The number of aromatic hydroxyl groups is 3.